The lowest BCUT2D eigenvalue weighted by atomic mass is 9.56. The van der Waals surface area contributed by atoms with E-state index in [9.17, 15) is 29.4 Å². The molecule has 0 spiro atoms. The number of aromatic hydroxyl groups is 2. The van der Waals surface area contributed by atoms with Crippen molar-refractivity contribution in [3.05, 3.63) is 70.3 Å². The van der Waals surface area contributed by atoms with Crippen molar-refractivity contribution in [2.45, 2.75) is 34.9 Å². The van der Waals surface area contributed by atoms with Crippen LogP contribution in [0.3, 0.4) is 0 Å². The molecule has 8 nitrogen and oxygen atoms in total. The van der Waals surface area contributed by atoms with Gasteiger partial charge < -0.3 is 10.2 Å². The first-order valence-corrected chi connectivity index (χ1v) is 15.3. The first-order chi connectivity index (χ1) is 19.4. The summed E-state index contributed by atoms with van der Waals surface area (Å²) in [5.74, 6) is -5.09. The summed E-state index contributed by atoms with van der Waals surface area (Å²) >= 11 is 24.1. The van der Waals surface area contributed by atoms with Gasteiger partial charge in [0.1, 0.15) is 11.5 Å². The second-order valence-electron chi connectivity index (χ2n) is 10.9. The molecule has 2 N–H and O–H groups in total. The van der Waals surface area contributed by atoms with Crippen LogP contribution in [-0.2, 0) is 25.6 Å². The zero-order valence-electron chi connectivity index (χ0n) is 21.4. The maximum Gasteiger partial charge on any atom is 0.254 e. The van der Waals surface area contributed by atoms with Crippen LogP contribution in [-0.4, -0.2) is 65.4 Å². The van der Waals surface area contributed by atoms with Gasteiger partial charge in [-0.1, -0.05) is 57.4 Å². The summed E-state index contributed by atoms with van der Waals surface area (Å²) in [5, 5.41) is 19.7. The number of carbonyl (C=O) groups is 4. The second kappa shape index (κ2) is 10.0. The van der Waals surface area contributed by atoms with Crippen molar-refractivity contribution in [2.75, 3.05) is 12.0 Å². The van der Waals surface area contributed by atoms with Gasteiger partial charge in [-0.25, -0.2) is 0 Å². The van der Waals surface area contributed by atoms with E-state index in [0.717, 1.165) is 10.5 Å². The van der Waals surface area contributed by atoms with E-state index >= 15 is 0 Å². The van der Waals surface area contributed by atoms with Gasteiger partial charge in [-0.2, -0.15) is 0 Å². The number of benzene rings is 2. The molecular formula is C29H24BrCl3N2O6. The third-order valence-electron chi connectivity index (χ3n) is 8.96. The number of nitrogens with zero attached hydrogens (tertiary/aromatic N) is 2. The molecule has 12 heteroatoms. The fourth-order valence-corrected chi connectivity index (χ4v) is 8.74. The molecule has 0 aromatic heterocycles. The average molecular weight is 683 g/mol. The molecule has 41 heavy (non-hydrogen) atoms. The molecule has 4 aliphatic rings. The largest absolute Gasteiger partial charge is 0.508 e. The van der Waals surface area contributed by atoms with E-state index in [4.69, 9.17) is 34.8 Å². The highest BCUT2D eigenvalue weighted by atomic mass is 79.9. The van der Waals surface area contributed by atoms with E-state index < -0.39 is 45.2 Å². The smallest absolute Gasteiger partial charge is 0.254 e. The minimum Gasteiger partial charge on any atom is -0.508 e. The maximum absolute atomic E-state index is 13.9. The van der Waals surface area contributed by atoms with Gasteiger partial charge in [-0.05, 0) is 60.6 Å². The average Bonchev–Trinajstić information content (AvgIpc) is 3.26. The SMILES string of the molecule is O=C1[C@H]2[C@H](CC=C3[C@H]2C[C@@]2(Cl)C(=O)N(CBr)C(=O)[C@@]2(Cl)[C@H]3c2ccc(O)cc2Cl)C(=O)N1CCc1ccc(O)cc1. The Kier molecular flexibility index (Phi) is 6.96. The number of fused-ring (bicyclic) bond motifs is 4. The molecule has 2 aromatic carbocycles. The van der Waals surface area contributed by atoms with Gasteiger partial charge in [-0.15, -0.1) is 23.2 Å². The minimum absolute atomic E-state index is 0.0960. The lowest BCUT2D eigenvalue weighted by Crippen LogP contribution is -2.60. The van der Waals surface area contributed by atoms with Crippen molar-refractivity contribution in [1.29, 1.82) is 0 Å². The molecule has 6 atom stereocenters. The van der Waals surface area contributed by atoms with Crippen LogP contribution in [0.5, 0.6) is 11.5 Å². The van der Waals surface area contributed by atoms with Crippen molar-refractivity contribution in [3.63, 3.8) is 0 Å². The topological polar surface area (TPSA) is 115 Å². The van der Waals surface area contributed by atoms with Crippen molar-refractivity contribution in [1.82, 2.24) is 9.80 Å². The molecule has 2 aromatic rings. The fourth-order valence-electron chi connectivity index (χ4n) is 7.04. The number of likely N-dealkylation sites (tertiary alicyclic amines) is 2. The van der Waals surface area contributed by atoms with Gasteiger partial charge in [0.2, 0.25) is 11.8 Å². The van der Waals surface area contributed by atoms with Gasteiger partial charge >= 0.3 is 0 Å². The first kappa shape index (κ1) is 28.5. The van der Waals surface area contributed by atoms with Crippen LogP contribution in [0.1, 0.15) is 29.9 Å². The van der Waals surface area contributed by atoms with Crippen molar-refractivity contribution >= 4 is 74.4 Å². The van der Waals surface area contributed by atoms with E-state index in [1.807, 2.05) is 6.08 Å². The number of carbonyl (C=O) groups excluding carboxylic acids is 4. The van der Waals surface area contributed by atoms with Crippen molar-refractivity contribution < 1.29 is 29.4 Å². The number of phenolic OH excluding ortho intramolecular Hbond substituents is 2. The number of halogens is 4. The quantitative estimate of drug-likeness (QED) is 0.205. The minimum atomic E-state index is -1.96. The number of imide groups is 2. The zero-order chi connectivity index (χ0) is 29.4. The summed E-state index contributed by atoms with van der Waals surface area (Å²) in [6, 6.07) is 10.8. The summed E-state index contributed by atoms with van der Waals surface area (Å²) in [6.45, 7) is 0.158. The van der Waals surface area contributed by atoms with E-state index in [-0.39, 0.29) is 53.2 Å². The van der Waals surface area contributed by atoms with Crippen molar-refractivity contribution in [2.24, 2.45) is 17.8 Å². The molecule has 2 heterocycles. The van der Waals surface area contributed by atoms with Gasteiger partial charge in [0.15, 0.2) is 9.75 Å². The second-order valence-corrected chi connectivity index (χ2v) is 13.1. The summed E-state index contributed by atoms with van der Waals surface area (Å²) in [7, 11) is 0. The Bertz CT molecular complexity index is 1530. The number of alkyl halides is 3. The Balaban J connectivity index is 1.42. The number of amides is 4. The molecule has 3 fully saturated rings. The maximum atomic E-state index is 13.9. The predicted octanol–water partition coefficient (Wildman–Crippen LogP) is 4.71. The summed E-state index contributed by atoms with van der Waals surface area (Å²) in [4.78, 5) is 53.2. The van der Waals surface area contributed by atoms with E-state index in [1.165, 1.54) is 17.0 Å². The zero-order valence-corrected chi connectivity index (χ0v) is 25.3. The molecule has 6 rings (SSSR count). The van der Waals surface area contributed by atoms with Gasteiger partial charge in [-0.3, -0.25) is 29.0 Å². The molecule has 2 aliphatic carbocycles. The normalized spacial score (nSPS) is 32.6. The summed E-state index contributed by atoms with van der Waals surface area (Å²) in [6.07, 6.45) is 2.38. The fraction of sp³-hybridized carbons (Fsp3) is 0.379. The highest BCUT2D eigenvalue weighted by Gasteiger charge is 2.76. The van der Waals surface area contributed by atoms with Crippen LogP contribution >= 0.6 is 50.7 Å². The Morgan fingerprint density at radius 3 is 2.24 bits per heavy atom. The Hall–Kier alpha value is -2.59. The summed E-state index contributed by atoms with van der Waals surface area (Å²) in [5.41, 5.74) is 1.75. The molecular weight excluding hydrogens is 659 g/mol. The third-order valence-corrected chi connectivity index (χ3v) is 11.2. The molecule has 1 saturated carbocycles. The third kappa shape index (κ3) is 3.99. The molecule has 0 radical (unpaired) electrons. The van der Waals surface area contributed by atoms with Crippen LogP contribution in [0.4, 0.5) is 0 Å². The van der Waals surface area contributed by atoms with Gasteiger partial charge in [0.05, 0.1) is 17.3 Å². The van der Waals surface area contributed by atoms with E-state index in [1.54, 1.807) is 30.3 Å². The number of hydrogen-bond acceptors (Lipinski definition) is 6. The molecule has 2 aliphatic heterocycles. The predicted molar refractivity (Wildman–Crippen MR) is 155 cm³/mol. The Morgan fingerprint density at radius 1 is 0.902 bits per heavy atom. The van der Waals surface area contributed by atoms with Gasteiger partial charge in [0.25, 0.3) is 11.8 Å². The van der Waals surface area contributed by atoms with Crippen LogP contribution in [0, 0.1) is 17.8 Å². The number of rotatable bonds is 5. The summed E-state index contributed by atoms with van der Waals surface area (Å²) < 4.78 is 0. The number of hydrogen-bond donors (Lipinski definition) is 2. The van der Waals surface area contributed by atoms with Crippen LogP contribution in [0.25, 0.3) is 0 Å². The van der Waals surface area contributed by atoms with Crippen molar-refractivity contribution in [3.8, 4) is 11.5 Å². The molecule has 4 amide bonds. The standard InChI is InChI=1S/C29H24BrCl3N2O6/c30-13-35-26(40)28(32)12-20-17(23(29(28,33)27(35)41)18-6-5-16(37)11-21(18)31)7-8-19-22(20)25(39)34(24(19)38)10-9-14-1-3-15(36)4-2-14/h1-7,11,19-20,22-23,36-37H,8-10,12-13H2/t19-,20+,22-,23+,28+,29-/m0/s1. The Morgan fingerprint density at radius 2 is 1.59 bits per heavy atom. The lowest BCUT2D eigenvalue weighted by Gasteiger charge is -2.51. The monoisotopic (exact) mass is 680 g/mol. The van der Waals surface area contributed by atoms with Crippen LogP contribution in [0.2, 0.25) is 5.02 Å². The number of phenols is 2. The number of allylic oxidation sites excluding steroid dienone is 2. The Labute approximate surface area is 259 Å². The van der Waals surface area contributed by atoms with E-state index in [0.29, 0.717) is 17.6 Å². The molecule has 214 valence electrons. The molecule has 2 saturated heterocycles. The first-order valence-electron chi connectivity index (χ1n) is 13.1. The van der Waals surface area contributed by atoms with E-state index in [2.05, 4.69) is 15.9 Å². The molecule has 0 unspecified atom stereocenters. The van der Waals surface area contributed by atoms with Crippen LogP contribution in [0.15, 0.2) is 54.1 Å². The molecule has 0 bridgehead atoms. The highest BCUT2D eigenvalue weighted by molar-refractivity contribution is 9.09. The van der Waals surface area contributed by atoms with Gasteiger partial charge in [0, 0.05) is 17.5 Å². The lowest BCUT2D eigenvalue weighted by molar-refractivity contribution is -0.141. The van der Waals surface area contributed by atoms with Crippen LogP contribution < -0.4 is 0 Å². The highest BCUT2D eigenvalue weighted by Crippen LogP contribution is 2.66.